The number of para-hydroxylation sites is 1. The maximum absolute atomic E-state index is 8.03. The summed E-state index contributed by atoms with van der Waals surface area (Å²) in [6.07, 6.45) is -2.43. The first-order valence-electron chi connectivity index (χ1n) is 10.7. The summed E-state index contributed by atoms with van der Waals surface area (Å²) in [5.41, 5.74) is 2.64. The monoisotopic (exact) mass is 605 g/mol. The number of anilines is 1. The molecule has 0 aliphatic rings. The van der Waals surface area contributed by atoms with E-state index in [9.17, 15) is 0 Å². The van der Waals surface area contributed by atoms with E-state index in [0.717, 1.165) is 21.1 Å². The predicted octanol–water partition coefficient (Wildman–Crippen LogP) is 8.39. The molecule has 0 atom stereocenters. The Morgan fingerprint density at radius 3 is 2.20 bits per heavy atom. The van der Waals surface area contributed by atoms with Gasteiger partial charge in [0.1, 0.15) is 0 Å². The Labute approximate surface area is 226 Å². The summed E-state index contributed by atoms with van der Waals surface area (Å²) in [6.45, 7) is 1.93. The van der Waals surface area contributed by atoms with Crippen LogP contribution < -0.4 is 20.4 Å². The molecule has 0 bridgehead atoms. The molecular weight excluding hydrogens is 588 g/mol. The number of imidazole rings is 1. The fourth-order valence-electron chi connectivity index (χ4n) is 4.13. The van der Waals surface area contributed by atoms with Gasteiger partial charge in [0.2, 0.25) is 0 Å². The van der Waals surface area contributed by atoms with Crippen molar-refractivity contribution in [2.45, 2.75) is 6.92 Å². The van der Waals surface area contributed by atoms with Gasteiger partial charge in [-0.05, 0) is 0 Å². The number of nitrogens with one attached hydrogen (secondary N) is 1. The topological polar surface area (TPSA) is 38.6 Å². The van der Waals surface area contributed by atoms with Crippen molar-refractivity contribution < 1.29 is 4.52 Å². The van der Waals surface area contributed by atoms with Gasteiger partial charge in [-0.1, -0.05) is 0 Å². The maximum atomic E-state index is 8.03. The number of halogens is 4. The van der Waals surface area contributed by atoms with Crippen molar-refractivity contribution in [2.24, 2.45) is 0 Å². The second kappa shape index (κ2) is 9.31. The number of pyridine rings is 1. The van der Waals surface area contributed by atoms with Gasteiger partial charge in [-0.25, -0.2) is 0 Å². The molecule has 0 unspecified atom stereocenters. The van der Waals surface area contributed by atoms with Crippen molar-refractivity contribution in [2.75, 3.05) is 5.09 Å². The zero-order valence-electron chi connectivity index (χ0n) is 18.5. The van der Waals surface area contributed by atoms with Crippen molar-refractivity contribution in [3.05, 3.63) is 117 Å². The van der Waals surface area contributed by atoms with Crippen LogP contribution in [0.1, 0.15) is 5.69 Å². The first kappa shape index (κ1) is 24.4. The van der Waals surface area contributed by atoms with Crippen molar-refractivity contribution >= 4 is 78.8 Å². The van der Waals surface area contributed by atoms with Gasteiger partial charge < -0.3 is 0 Å². The van der Waals surface area contributed by atoms with E-state index in [1.807, 2.05) is 90.3 Å². The van der Waals surface area contributed by atoms with E-state index in [-0.39, 0.29) is 0 Å². The molecule has 9 heteroatoms. The molecule has 0 spiro atoms. The zero-order valence-corrected chi connectivity index (χ0v) is 23.2. The van der Waals surface area contributed by atoms with E-state index in [1.54, 1.807) is 18.2 Å². The van der Waals surface area contributed by atoms with Crippen LogP contribution in [0, 0.1) is 6.92 Å². The number of hydrogen-bond acceptors (Lipinski definition) is 3. The SMILES string of the molecule is Cc1nc2ccccn2c1P(Cl)(Nc1c(Cl)cccc1Cl)(Oc1ccc(Br)cc1)c1ccccc1. The van der Waals surface area contributed by atoms with Crippen LogP contribution in [0.2, 0.25) is 10.0 Å². The predicted molar refractivity (Wildman–Crippen MR) is 153 cm³/mol. The van der Waals surface area contributed by atoms with E-state index in [1.165, 1.54) is 0 Å². The molecule has 0 saturated heterocycles. The Morgan fingerprint density at radius 1 is 0.857 bits per heavy atom. The number of hydrogen-bond donors (Lipinski definition) is 1. The Bertz CT molecular complexity index is 1510. The fraction of sp³-hybridized carbons (Fsp3) is 0.0385. The van der Waals surface area contributed by atoms with E-state index in [0.29, 0.717) is 26.9 Å². The van der Waals surface area contributed by atoms with E-state index in [4.69, 9.17) is 44.0 Å². The van der Waals surface area contributed by atoms with Gasteiger partial charge in [0.25, 0.3) is 0 Å². The summed E-state index contributed by atoms with van der Waals surface area (Å²) in [4.78, 5) is 4.81. The molecular formula is C26H20BrCl3N3OP. The second-order valence-corrected chi connectivity index (χ2v) is 14.8. The molecule has 5 rings (SSSR count). The average molecular weight is 608 g/mol. The molecule has 0 fully saturated rings. The minimum absolute atomic E-state index is 0.425. The van der Waals surface area contributed by atoms with Gasteiger partial charge in [0, 0.05) is 0 Å². The van der Waals surface area contributed by atoms with Crippen LogP contribution in [0.25, 0.3) is 5.65 Å². The number of fused-ring (bicyclic) bond motifs is 1. The molecule has 0 radical (unpaired) electrons. The van der Waals surface area contributed by atoms with Gasteiger partial charge in [0.05, 0.1) is 0 Å². The molecule has 178 valence electrons. The van der Waals surface area contributed by atoms with Gasteiger partial charge >= 0.3 is 228 Å². The normalized spacial score (nSPS) is 12.8. The van der Waals surface area contributed by atoms with Gasteiger partial charge in [0.15, 0.2) is 0 Å². The minimum atomic E-state index is -4.35. The summed E-state index contributed by atoms with van der Waals surface area (Å²) in [5.74, 6) is 0.575. The molecule has 2 heterocycles. The van der Waals surface area contributed by atoms with Crippen LogP contribution in [0.5, 0.6) is 5.75 Å². The molecule has 0 saturated carbocycles. The van der Waals surface area contributed by atoms with Crippen molar-refractivity contribution in [3.8, 4) is 5.75 Å². The van der Waals surface area contributed by atoms with E-state index < -0.39 is 6.33 Å². The molecule has 0 aliphatic carbocycles. The second-order valence-electron chi connectivity index (χ2n) is 7.97. The van der Waals surface area contributed by atoms with Crippen LogP contribution >= 0.6 is 56.7 Å². The molecule has 3 aromatic carbocycles. The first-order valence-corrected chi connectivity index (χ1v) is 15.3. The summed E-state index contributed by atoms with van der Waals surface area (Å²) in [6, 6.07) is 28.3. The molecule has 0 aliphatic heterocycles. The Morgan fingerprint density at radius 2 is 1.51 bits per heavy atom. The molecule has 35 heavy (non-hydrogen) atoms. The zero-order chi connectivity index (χ0) is 24.7. The summed E-state index contributed by atoms with van der Waals surface area (Å²) in [5, 5.41) is 5.15. The summed E-state index contributed by atoms with van der Waals surface area (Å²) < 4.78 is 9.85. The molecule has 5 aromatic rings. The van der Waals surface area contributed by atoms with Crippen molar-refractivity contribution in [3.63, 3.8) is 0 Å². The Balaban J connectivity index is 1.91. The standard InChI is InChI=1S/C26H20BrCl3N3OP/c1-18-26(33-17-6-5-12-24(33)31-18)35(30,21-8-3-2-4-9-21,34-20-15-13-19(27)14-16-20)32-25-22(28)10-7-11-23(25)29/h2-17,32H,1H3. The molecule has 4 nitrogen and oxygen atoms in total. The van der Waals surface area contributed by atoms with Crippen LogP contribution in [0.4, 0.5) is 5.69 Å². The third kappa shape index (κ3) is 4.30. The quantitative estimate of drug-likeness (QED) is 0.197. The van der Waals surface area contributed by atoms with Crippen molar-refractivity contribution in [1.82, 2.24) is 9.38 Å². The van der Waals surface area contributed by atoms with E-state index in [2.05, 4.69) is 21.0 Å². The average Bonchev–Trinajstić information content (AvgIpc) is 3.21. The number of nitrogens with zero attached hydrogens (tertiary/aromatic N) is 2. The third-order valence-electron chi connectivity index (χ3n) is 5.63. The van der Waals surface area contributed by atoms with Crippen LogP contribution in [-0.4, -0.2) is 9.38 Å². The summed E-state index contributed by atoms with van der Waals surface area (Å²) in [7, 11) is 0. The van der Waals surface area contributed by atoms with Crippen LogP contribution in [0.3, 0.4) is 0 Å². The number of aromatic nitrogens is 2. The van der Waals surface area contributed by atoms with Crippen molar-refractivity contribution in [1.29, 1.82) is 0 Å². The van der Waals surface area contributed by atoms with Crippen LogP contribution in [0.15, 0.2) is 102 Å². The molecule has 0 amide bonds. The Hall–Kier alpha value is -2.27. The number of rotatable bonds is 6. The summed E-state index contributed by atoms with van der Waals surface area (Å²) >= 11 is 24.8. The van der Waals surface area contributed by atoms with Gasteiger partial charge in [-0.3, -0.25) is 0 Å². The molecule has 2 aromatic heterocycles. The van der Waals surface area contributed by atoms with Gasteiger partial charge in [-0.2, -0.15) is 0 Å². The third-order valence-corrected chi connectivity index (χ3v) is 12.0. The van der Waals surface area contributed by atoms with Crippen LogP contribution in [-0.2, 0) is 0 Å². The fourth-order valence-corrected chi connectivity index (χ4v) is 10.2. The Kier molecular flexibility index (Phi) is 6.50. The molecule has 1 N–H and O–H groups in total. The van der Waals surface area contributed by atoms with Gasteiger partial charge in [-0.15, -0.1) is 0 Å². The number of aryl methyl sites for hydroxylation is 1. The van der Waals surface area contributed by atoms with E-state index >= 15 is 0 Å². The number of benzene rings is 3. The first-order chi connectivity index (χ1) is 16.8.